The smallest absolute Gasteiger partial charge is 0.303 e. The minimum Gasteiger partial charge on any atom is -0.457 e. The van der Waals surface area contributed by atoms with Gasteiger partial charge in [0, 0.05) is 19.4 Å². The van der Waals surface area contributed by atoms with Crippen molar-refractivity contribution in [2.75, 3.05) is 13.9 Å². The number of hydrogen-bond donors (Lipinski definition) is 5. The lowest BCUT2D eigenvalue weighted by Gasteiger charge is -2.64. The fourth-order valence-corrected chi connectivity index (χ4v) is 13.3. The van der Waals surface area contributed by atoms with Crippen LogP contribution >= 0.6 is 0 Å². The summed E-state index contributed by atoms with van der Waals surface area (Å²) in [6, 6.07) is 0. The summed E-state index contributed by atoms with van der Waals surface area (Å²) in [5, 5.41) is 53.4. The predicted octanol–water partition coefficient (Wildman–Crippen LogP) is 3.51. The van der Waals surface area contributed by atoms with Crippen molar-refractivity contribution in [3.63, 3.8) is 0 Å². The number of aliphatic hydroxyl groups is 5. The number of fused-ring (bicyclic) bond motifs is 4. The fourth-order valence-electron chi connectivity index (χ4n) is 13.3. The largest absolute Gasteiger partial charge is 0.457 e. The van der Waals surface area contributed by atoms with Crippen LogP contribution in [0.5, 0.6) is 0 Å². The second-order valence-corrected chi connectivity index (χ2v) is 18.2. The van der Waals surface area contributed by atoms with Crippen LogP contribution in [0.15, 0.2) is 0 Å². The van der Waals surface area contributed by atoms with Gasteiger partial charge >= 0.3 is 5.97 Å². The Bertz CT molecular complexity index is 1220. The molecule has 11 nitrogen and oxygen atoms in total. The molecule has 11 heteroatoms. The van der Waals surface area contributed by atoms with E-state index in [4.69, 9.17) is 23.7 Å². The summed E-state index contributed by atoms with van der Waals surface area (Å²) in [6.07, 6.45) is 0.0598. The standard InChI is InChI=1S/C37H62O11/c1-19-16-21(29(33(5,6)43)46-20(2)38)47-27-25(19)34(7)14-15-37-17-36(37)13-12-24(48-31(45-18-44-9)26(39)30(41)42)32(3,4)22(36)10-11-23(37)35(34,8)28(27)40/h19,21-31,39-43H,10-18H2,1-9H3/t19-,21-,22+,23+,24+,25+,26-,27+,28+,29+,31+,34-,35-,36?,37+/m1/s1. The maximum atomic E-state index is 12.5. The molecular formula is C37H62O11. The van der Waals surface area contributed by atoms with Crippen LogP contribution in [0.4, 0.5) is 0 Å². The van der Waals surface area contributed by atoms with E-state index in [1.54, 1.807) is 13.8 Å². The second-order valence-electron chi connectivity index (χ2n) is 18.2. The van der Waals surface area contributed by atoms with E-state index < -0.39 is 54.7 Å². The monoisotopic (exact) mass is 682 g/mol. The van der Waals surface area contributed by atoms with Gasteiger partial charge in [-0.2, -0.15) is 0 Å². The van der Waals surface area contributed by atoms with Crippen LogP contribution in [0.25, 0.3) is 0 Å². The zero-order chi connectivity index (χ0) is 35.4. The van der Waals surface area contributed by atoms with Gasteiger partial charge < -0.3 is 49.2 Å². The van der Waals surface area contributed by atoms with Gasteiger partial charge in [-0.1, -0.05) is 34.6 Å². The molecule has 15 atom stereocenters. The van der Waals surface area contributed by atoms with Crippen LogP contribution in [0.3, 0.4) is 0 Å². The molecule has 276 valence electrons. The van der Waals surface area contributed by atoms with E-state index in [0.29, 0.717) is 18.3 Å². The molecule has 0 aromatic rings. The van der Waals surface area contributed by atoms with Crippen molar-refractivity contribution in [3.8, 4) is 0 Å². The fraction of sp³-hybridized carbons (Fsp3) is 0.973. The summed E-state index contributed by atoms with van der Waals surface area (Å²) in [4.78, 5) is 12.1. The lowest BCUT2D eigenvalue weighted by molar-refractivity contribution is -0.301. The van der Waals surface area contributed by atoms with Crippen molar-refractivity contribution in [3.05, 3.63) is 0 Å². The van der Waals surface area contributed by atoms with E-state index in [9.17, 15) is 30.3 Å². The van der Waals surface area contributed by atoms with Crippen molar-refractivity contribution in [1.29, 1.82) is 0 Å². The number of rotatable bonds is 10. The van der Waals surface area contributed by atoms with Crippen molar-refractivity contribution in [2.45, 2.75) is 162 Å². The summed E-state index contributed by atoms with van der Waals surface area (Å²) < 4.78 is 29.4. The average Bonchev–Trinajstić information content (AvgIpc) is 3.62. The molecule has 1 unspecified atom stereocenters. The van der Waals surface area contributed by atoms with E-state index in [1.807, 2.05) is 0 Å². The van der Waals surface area contributed by atoms with E-state index >= 15 is 0 Å². The number of carbonyl (C=O) groups excluding carboxylic acids is 1. The first kappa shape index (κ1) is 36.9. The minimum absolute atomic E-state index is 0.115. The van der Waals surface area contributed by atoms with Gasteiger partial charge in [-0.25, -0.2) is 0 Å². The third-order valence-corrected chi connectivity index (χ3v) is 15.3. The highest BCUT2D eigenvalue weighted by molar-refractivity contribution is 5.66. The topological polar surface area (TPSA) is 164 Å². The Morgan fingerprint density at radius 3 is 2.25 bits per heavy atom. The number of carbonyl (C=O) groups is 1. The molecule has 5 saturated carbocycles. The van der Waals surface area contributed by atoms with Crippen molar-refractivity contribution >= 4 is 5.97 Å². The van der Waals surface area contributed by atoms with Crippen LogP contribution in [0.1, 0.15) is 107 Å². The van der Waals surface area contributed by atoms with E-state index in [0.717, 1.165) is 44.9 Å². The lowest BCUT2D eigenvalue weighted by atomic mass is 9.41. The molecule has 0 amide bonds. The molecule has 0 aromatic heterocycles. The molecular weight excluding hydrogens is 620 g/mol. The molecule has 1 heterocycles. The number of esters is 1. The minimum atomic E-state index is -2.00. The quantitative estimate of drug-likeness (QED) is 0.169. The van der Waals surface area contributed by atoms with Gasteiger partial charge in [0.1, 0.15) is 6.79 Å². The number of hydrogen-bond acceptors (Lipinski definition) is 11. The average molecular weight is 683 g/mol. The molecule has 48 heavy (non-hydrogen) atoms. The van der Waals surface area contributed by atoms with Crippen molar-refractivity contribution < 1.29 is 54.0 Å². The summed E-state index contributed by atoms with van der Waals surface area (Å²) in [7, 11) is 1.46. The third kappa shape index (κ3) is 5.11. The van der Waals surface area contributed by atoms with Crippen molar-refractivity contribution in [1.82, 2.24) is 0 Å². The number of aliphatic hydroxyl groups excluding tert-OH is 3. The molecule has 1 saturated heterocycles. The Balaban J connectivity index is 1.26. The predicted molar refractivity (Wildman–Crippen MR) is 174 cm³/mol. The van der Waals surface area contributed by atoms with Gasteiger partial charge in [0.15, 0.2) is 24.8 Å². The highest BCUT2D eigenvalue weighted by Gasteiger charge is 2.84. The van der Waals surface area contributed by atoms with Gasteiger partial charge in [0.2, 0.25) is 0 Å². The highest BCUT2D eigenvalue weighted by Crippen LogP contribution is 2.89. The molecule has 6 fully saturated rings. The van der Waals surface area contributed by atoms with Crippen LogP contribution in [-0.2, 0) is 28.5 Å². The Hall–Kier alpha value is -0.890. The number of methoxy groups -OCH3 is 1. The Labute approximate surface area is 286 Å². The molecule has 1 aliphatic heterocycles. The maximum Gasteiger partial charge on any atom is 0.303 e. The summed E-state index contributed by atoms with van der Waals surface area (Å²) in [6.45, 7) is 16.0. The molecule has 5 N–H and O–H groups in total. The first-order valence-electron chi connectivity index (χ1n) is 18.3. The van der Waals surface area contributed by atoms with Gasteiger partial charge in [-0.05, 0) is 111 Å². The Morgan fingerprint density at radius 2 is 1.65 bits per heavy atom. The molecule has 5 aliphatic carbocycles. The van der Waals surface area contributed by atoms with Gasteiger partial charge in [0.05, 0.1) is 30.0 Å². The molecule has 0 bridgehead atoms. The Morgan fingerprint density at radius 1 is 1.00 bits per heavy atom. The van der Waals surface area contributed by atoms with Gasteiger partial charge in [-0.3, -0.25) is 4.79 Å². The van der Waals surface area contributed by atoms with Crippen LogP contribution in [0.2, 0.25) is 0 Å². The molecule has 6 rings (SSSR count). The number of ether oxygens (including phenoxy) is 5. The molecule has 2 spiro atoms. The van der Waals surface area contributed by atoms with Gasteiger partial charge in [-0.15, -0.1) is 0 Å². The van der Waals surface area contributed by atoms with E-state index in [2.05, 4.69) is 34.6 Å². The SMILES string of the molecule is COCO[C@@H](O[C@H]1CCC23C[C@]24CC[C@]2(C)[C@@H]5[C@H](O[C@@H]([C@H](OC(C)=O)C(C)(C)O)C[C@H]5C)[C@H](O)[C@@]2(C)[C@@H]4CC[C@H]3C1(C)C)[C@H](O)C(O)O. The first-order valence-corrected chi connectivity index (χ1v) is 18.3. The van der Waals surface area contributed by atoms with Gasteiger partial charge in [0.25, 0.3) is 0 Å². The summed E-state index contributed by atoms with van der Waals surface area (Å²) in [5.41, 5.74) is -1.82. The van der Waals surface area contributed by atoms with Crippen LogP contribution in [0, 0.1) is 50.7 Å². The lowest BCUT2D eigenvalue weighted by Crippen LogP contribution is -2.60. The third-order valence-electron chi connectivity index (χ3n) is 15.3. The Kier molecular flexibility index (Phi) is 9.29. The highest BCUT2D eigenvalue weighted by atomic mass is 16.8. The summed E-state index contributed by atoms with van der Waals surface area (Å²) in [5.74, 6) is 0.591. The molecule has 0 aromatic carbocycles. The zero-order valence-corrected chi connectivity index (χ0v) is 30.5. The summed E-state index contributed by atoms with van der Waals surface area (Å²) >= 11 is 0. The molecule has 6 aliphatic rings. The van der Waals surface area contributed by atoms with E-state index in [1.165, 1.54) is 14.0 Å². The zero-order valence-electron chi connectivity index (χ0n) is 30.5. The normalized spacial score (nSPS) is 47.9. The van der Waals surface area contributed by atoms with Crippen LogP contribution < -0.4 is 0 Å². The molecule has 0 radical (unpaired) electrons. The first-order chi connectivity index (χ1) is 22.2. The van der Waals surface area contributed by atoms with Crippen molar-refractivity contribution in [2.24, 2.45) is 50.7 Å². The maximum absolute atomic E-state index is 12.5. The second kappa shape index (κ2) is 12.1. The van der Waals surface area contributed by atoms with Crippen LogP contribution in [-0.4, -0.2) is 100 Å². The van der Waals surface area contributed by atoms with E-state index in [-0.39, 0.29) is 51.8 Å².